The summed E-state index contributed by atoms with van der Waals surface area (Å²) in [7, 11) is 1.45. The molecule has 1 atom stereocenters. The molecule has 2 nitrogen and oxygen atoms in total. The van der Waals surface area contributed by atoms with Crippen molar-refractivity contribution < 1.29 is 17.9 Å². The van der Waals surface area contributed by atoms with E-state index in [0.717, 1.165) is 12.1 Å². The summed E-state index contributed by atoms with van der Waals surface area (Å²) in [6.45, 7) is 3.60. The molecular weight excluding hydrogens is 231 g/mol. The maximum absolute atomic E-state index is 12.3. The molecule has 0 aliphatic heterocycles. The summed E-state index contributed by atoms with van der Waals surface area (Å²) >= 11 is 0. The van der Waals surface area contributed by atoms with Crippen molar-refractivity contribution in [1.82, 2.24) is 0 Å². The average molecular weight is 245 g/mol. The van der Waals surface area contributed by atoms with Crippen LogP contribution in [0.25, 0.3) is 0 Å². The zero-order valence-corrected chi connectivity index (χ0v) is 9.42. The highest BCUT2D eigenvalue weighted by atomic mass is 19.4. The topological polar surface area (TPSA) is 35.2 Å². The molecule has 0 saturated heterocycles. The molecule has 1 unspecified atom stereocenters. The lowest BCUT2D eigenvalue weighted by Crippen LogP contribution is -2.25. The van der Waals surface area contributed by atoms with Crippen molar-refractivity contribution >= 4 is 0 Å². The van der Waals surface area contributed by atoms with Gasteiger partial charge < -0.3 is 10.5 Å². The third kappa shape index (κ3) is 3.78. The molecule has 0 aliphatic rings. The van der Waals surface area contributed by atoms with Gasteiger partial charge in [0.2, 0.25) is 0 Å². The van der Waals surface area contributed by atoms with E-state index in [9.17, 15) is 13.2 Å². The van der Waals surface area contributed by atoms with Gasteiger partial charge in [0.05, 0.1) is 18.7 Å². The first-order chi connectivity index (χ1) is 7.84. The van der Waals surface area contributed by atoms with E-state index in [1.54, 1.807) is 0 Å². The third-order valence-electron chi connectivity index (χ3n) is 2.41. The van der Waals surface area contributed by atoms with Crippen LogP contribution in [0.15, 0.2) is 36.6 Å². The number of rotatable bonds is 4. The van der Waals surface area contributed by atoms with Crippen LogP contribution in [0, 0.1) is 0 Å². The standard InChI is InChI=1S/C12H14F3NO/c1-8(17-2)11(16)7-9-3-5-10(6-4-9)12(13,14)15/h3-6,11H,1,7,16H2,2H3. The summed E-state index contributed by atoms with van der Waals surface area (Å²) in [6.07, 6.45) is -3.92. The Morgan fingerprint density at radius 1 is 1.35 bits per heavy atom. The fourth-order valence-electron chi connectivity index (χ4n) is 1.35. The molecule has 94 valence electrons. The van der Waals surface area contributed by atoms with Crippen molar-refractivity contribution in [2.24, 2.45) is 5.73 Å². The summed E-state index contributed by atoms with van der Waals surface area (Å²) < 4.78 is 41.8. The zero-order chi connectivity index (χ0) is 13.1. The molecule has 0 bridgehead atoms. The highest BCUT2D eigenvalue weighted by Crippen LogP contribution is 2.29. The van der Waals surface area contributed by atoms with Crippen molar-refractivity contribution in [3.8, 4) is 0 Å². The number of hydrogen-bond acceptors (Lipinski definition) is 2. The summed E-state index contributed by atoms with van der Waals surface area (Å²) in [5.41, 5.74) is 5.78. The quantitative estimate of drug-likeness (QED) is 0.828. The van der Waals surface area contributed by atoms with Gasteiger partial charge in [-0.15, -0.1) is 0 Å². The minimum atomic E-state index is -4.31. The van der Waals surface area contributed by atoms with Crippen LogP contribution in [0.3, 0.4) is 0 Å². The van der Waals surface area contributed by atoms with Crippen LogP contribution in [0.4, 0.5) is 13.2 Å². The first kappa shape index (κ1) is 13.6. The molecule has 0 aliphatic carbocycles. The number of nitrogens with two attached hydrogens (primary N) is 1. The van der Waals surface area contributed by atoms with Crippen molar-refractivity contribution in [2.75, 3.05) is 7.11 Å². The number of alkyl halides is 3. The summed E-state index contributed by atoms with van der Waals surface area (Å²) in [6, 6.07) is 4.48. The number of halogens is 3. The highest BCUT2D eigenvalue weighted by molar-refractivity contribution is 5.26. The van der Waals surface area contributed by atoms with Gasteiger partial charge in [0.15, 0.2) is 0 Å². The predicted octanol–water partition coefficient (Wildman–Crippen LogP) is 2.74. The Bertz CT molecular complexity index is 384. The molecule has 1 aromatic rings. The number of ether oxygens (including phenoxy) is 1. The van der Waals surface area contributed by atoms with E-state index in [2.05, 4.69) is 6.58 Å². The maximum atomic E-state index is 12.3. The Labute approximate surface area is 97.9 Å². The second-order valence-electron chi connectivity index (χ2n) is 3.68. The summed E-state index contributed by atoms with van der Waals surface area (Å²) in [4.78, 5) is 0. The molecule has 0 fully saturated rings. The largest absolute Gasteiger partial charge is 0.500 e. The van der Waals surface area contributed by atoms with Gasteiger partial charge in [-0.3, -0.25) is 0 Å². The first-order valence-electron chi connectivity index (χ1n) is 4.99. The fraction of sp³-hybridized carbons (Fsp3) is 0.333. The highest BCUT2D eigenvalue weighted by Gasteiger charge is 2.29. The fourth-order valence-corrected chi connectivity index (χ4v) is 1.35. The first-order valence-corrected chi connectivity index (χ1v) is 4.99. The molecule has 0 spiro atoms. The van der Waals surface area contributed by atoms with E-state index in [1.165, 1.54) is 19.2 Å². The normalized spacial score (nSPS) is 13.2. The van der Waals surface area contributed by atoms with E-state index >= 15 is 0 Å². The molecule has 0 aromatic heterocycles. The summed E-state index contributed by atoms with van der Waals surface area (Å²) in [5, 5.41) is 0. The summed E-state index contributed by atoms with van der Waals surface area (Å²) in [5.74, 6) is 0.407. The van der Waals surface area contributed by atoms with Crippen LogP contribution < -0.4 is 5.73 Å². The SMILES string of the molecule is C=C(OC)C(N)Cc1ccc(C(F)(F)F)cc1. The van der Waals surface area contributed by atoms with E-state index in [1.807, 2.05) is 0 Å². The zero-order valence-electron chi connectivity index (χ0n) is 9.42. The smallest absolute Gasteiger partial charge is 0.416 e. The van der Waals surface area contributed by atoms with Crippen LogP contribution in [-0.2, 0) is 17.3 Å². The number of methoxy groups -OCH3 is 1. The van der Waals surface area contributed by atoms with Gasteiger partial charge in [-0.05, 0) is 24.1 Å². The Balaban J connectivity index is 2.72. The van der Waals surface area contributed by atoms with E-state index in [0.29, 0.717) is 17.7 Å². The Morgan fingerprint density at radius 3 is 2.29 bits per heavy atom. The monoisotopic (exact) mass is 245 g/mol. The van der Waals surface area contributed by atoms with Gasteiger partial charge in [0.25, 0.3) is 0 Å². The molecule has 2 N–H and O–H groups in total. The minimum Gasteiger partial charge on any atom is -0.500 e. The Hall–Kier alpha value is -1.49. The van der Waals surface area contributed by atoms with Gasteiger partial charge in [-0.25, -0.2) is 0 Å². The third-order valence-corrected chi connectivity index (χ3v) is 2.41. The molecule has 0 amide bonds. The maximum Gasteiger partial charge on any atom is 0.416 e. The lowest BCUT2D eigenvalue weighted by Gasteiger charge is -2.14. The molecule has 1 aromatic carbocycles. The minimum absolute atomic E-state index is 0.394. The molecule has 0 saturated carbocycles. The molecular formula is C12H14F3NO. The van der Waals surface area contributed by atoms with Crippen LogP contribution >= 0.6 is 0 Å². The van der Waals surface area contributed by atoms with Crippen LogP contribution in [0.5, 0.6) is 0 Å². The van der Waals surface area contributed by atoms with Crippen molar-refractivity contribution in [3.63, 3.8) is 0 Å². The van der Waals surface area contributed by atoms with Gasteiger partial charge >= 0.3 is 6.18 Å². The van der Waals surface area contributed by atoms with Gasteiger partial charge in [-0.1, -0.05) is 18.7 Å². The van der Waals surface area contributed by atoms with E-state index < -0.39 is 17.8 Å². The molecule has 0 heterocycles. The average Bonchev–Trinajstić information content (AvgIpc) is 2.27. The van der Waals surface area contributed by atoms with Gasteiger partial charge in [-0.2, -0.15) is 13.2 Å². The second-order valence-corrected chi connectivity index (χ2v) is 3.68. The molecule has 17 heavy (non-hydrogen) atoms. The number of benzene rings is 1. The Kier molecular flexibility index (Phi) is 4.17. The lowest BCUT2D eigenvalue weighted by atomic mass is 10.0. The molecule has 1 rings (SSSR count). The van der Waals surface area contributed by atoms with Crippen molar-refractivity contribution in [1.29, 1.82) is 0 Å². The van der Waals surface area contributed by atoms with Crippen LogP contribution in [0.2, 0.25) is 0 Å². The van der Waals surface area contributed by atoms with Crippen LogP contribution in [0.1, 0.15) is 11.1 Å². The van der Waals surface area contributed by atoms with Crippen LogP contribution in [-0.4, -0.2) is 13.2 Å². The predicted molar refractivity (Wildman–Crippen MR) is 59.3 cm³/mol. The van der Waals surface area contributed by atoms with Gasteiger partial charge in [0, 0.05) is 0 Å². The second kappa shape index (κ2) is 5.23. The molecule has 0 radical (unpaired) electrons. The Morgan fingerprint density at radius 2 is 1.88 bits per heavy atom. The van der Waals surface area contributed by atoms with E-state index in [-0.39, 0.29) is 0 Å². The van der Waals surface area contributed by atoms with Crippen molar-refractivity contribution in [2.45, 2.75) is 18.6 Å². The molecule has 5 heteroatoms. The van der Waals surface area contributed by atoms with Gasteiger partial charge in [0.1, 0.15) is 5.76 Å². The lowest BCUT2D eigenvalue weighted by molar-refractivity contribution is -0.137. The number of hydrogen-bond donors (Lipinski definition) is 1. The van der Waals surface area contributed by atoms with Crippen molar-refractivity contribution in [3.05, 3.63) is 47.7 Å². The van der Waals surface area contributed by atoms with E-state index in [4.69, 9.17) is 10.5 Å².